The van der Waals surface area contributed by atoms with Crippen LogP contribution in [0, 0.1) is 0 Å². The molecule has 6 nitrogen and oxygen atoms in total. The molecule has 2 aromatic heterocycles. The fourth-order valence-corrected chi connectivity index (χ4v) is 3.68. The summed E-state index contributed by atoms with van der Waals surface area (Å²) in [5, 5.41) is 17.6. The van der Waals surface area contributed by atoms with Gasteiger partial charge >= 0.3 is 0 Å². The predicted octanol–water partition coefficient (Wildman–Crippen LogP) is 4.65. The van der Waals surface area contributed by atoms with Crippen LogP contribution in [-0.4, -0.2) is 29.7 Å². The third-order valence-electron chi connectivity index (χ3n) is 4.24. The number of aromatic hydroxyl groups is 1. The predicted molar refractivity (Wildman–Crippen MR) is 116 cm³/mol. The number of furan rings is 1. The van der Waals surface area contributed by atoms with E-state index in [2.05, 4.69) is 16.7 Å². The number of hydrogen-bond acceptors (Lipinski definition) is 6. The highest BCUT2D eigenvalue weighted by Crippen LogP contribution is 2.28. The van der Waals surface area contributed by atoms with E-state index in [9.17, 15) is 5.11 Å². The SMILES string of the molecule is C=CCN=c1scc(-c2cc3ccccc3o2)n1N=Cc1ccc(OC)c(O)c1. The Morgan fingerprint density at radius 1 is 1.24 bits per heavy atom. The largest absolute Gasteiger partial charge is 0.504 e. The summed E-state index contributed by atoms with van der Waals surface area (Å²) in [5.74, 6) is 1.17. The van der Waals surface area contributed by atoms with E-state index in [1.54, 1.807) is 29.1 Å². The van der Waals surface area contributed by atoms with Gasteiger partial charge in [0.2, 0.25) is 4.80 Å². The van der Waals surface area contributed by atoms with E-state index in [1.165, 1.54) is 18.4 Å². The first kappa shape index (κ1) is 18.8. The first-order valence-electron chi connectivity index (χ1n) is 8.92. The average Bonchev–Trinajstić information content (AvgIpc) is 3.34. The molecule has 2 aromatic carbocycles. The van der Waals surface area contributed by atoms with Gasteiger partial charge in [-0.05, 0) is 35.9 Å². The molecule has 0 atom stereocenters. The quantitative estimate of drug-likeness (QED) is 0.375. The summed E-state index contributed by atoms with van der Waals surface area (Å²) in [7, 11) is 1.51. The van der Waals surface area contributed by atoms with Gasteiger partial charge in [-0.1, -0.05) is 24.3 Å². The van der Waals surface area contributed by atoms with E-state index in [0.717, 1.165) is 22.2 Å². The van der Waals surface area contributed by atoms with Crippen molar-refractivity contribution in [2.24, 2.45) is 10.1 Å². The van der Waals surface area contributed by atoms with E-state index in [0.29, 0.717) is 22.9 Å². The second kappa shape index (κ2) is 8.20. The molecule has 29 heavy (non-hydrogen) atoms. The van der Waals surface area contributed by atoms with Gasteiger partial charge in [0.25, 0.3) is 0 Å². The molecular weight excluding hydrogens is 386 g/mol. The second-order valence-corrected chi connectivity index (χ2v) is 7.01. The molecule has 1 N–H and O–H groups in total. The molecule has 0 aliphatic carbocycles. The van der Waals surface area contributed by atoms with Gasteiger partial charge in [-0.3, -0.25) is 4.99 Å². The Hall–Kier alpha value is -3.58. The minimum atomic E-state index is 0.0563. The number of rotatable bonds is 6. The van der Waals surface area contributed by atoms with Crippen LogP contribution in [0.2, 0.25) is 0 Å². The van der Waals surface area contributed by atoms with Gasteiger partial charge in [-0.2, -0.15) is 5.10 Å². The fraction of sp³-hybridized carbons (Fsp3) is 0.0909. The van der Waals surface area contributed by atoms with Crippen LogP contribution in [0.1, 0.15) is 5.56 Å². The summed E-state index contributed by atoms with van der Waals surface area (Å²) < 4.78 is 12.8. The van der Waals surface area contributed by atoms with Crippen LogP contribution in [-0.2, 0) is 0 Å². The Balaban J connectivity index is 1.79. The molecule has 0 radical (unpaired) electrons. The van der Waals surface area contributed by atoms with Crippen molar-refractivity contribution in [1.29, 1.82) is 0 Å². The van der Waals surface area contributed by atoms with Crippen LogP contribution < -0.4 is 9.54 Å². The van der Waals surface area contributed by atoms with Crippen molar-refractivity contribution in [2.45, 2.75) is 0 Å². The van der Waals surface area contributed by atoms with Crippen molar-refractivity contribution in [2.75, 3.05) is 13.7 Å². The number of methoxy groups -OCH3 is 1. The highest BCUT2D eigenvalue weighted by atomic mass is 32.1. The van der Waals surface area contributed by atoms with Crippen molar-refractivity contribution < 1.29 is 14.3 Å². The van der Waals surface area contributed by atoms with Crippen LogP contribution in [0.3, 0.4) is 0 Å². The molecule has 0 unspecified atom stereocenters. The molecule has 7 heteroatoms. The number of phenols is 1. The molecule has 0 aliphatic heterocycles. The highest BCUT2D eigenvalue weighted by Gasteiger charge is 2.12. The van der Waals surface area contributed by atoms with Crippen molar-refractivity contribution in [1.82, 2.24) is 4.68 Å². The number of para-hydroxylation sites is 1. The summed E-state index contributed by atoms with van der Waals surface area (Å²) in [5.41, 5.74) is 2.34. The van der Waals surface area contributed by atoms with Crippen LogP contribution >= 0.6 is 11.3 Å². The van der Waals surface area contributed by atoms with Gasteiger partial charge in [-0.15, -0.1) is 17.9 Å². The van der Waals surface area contributed by atoms with Gasteiger partial charge in [0.1, 0.15) is 11.3 Å². The topological polar surface area (TPSA) is 72.2 Å². The molecule has 0 amide bonds. The van der Waals surface area contributed by atoms with E-state index in [1.807, 2.05) is 41.8 Å². The molecule has 0 fully saturated rings. The summed E-state index contributed by atoms with van der Waals surface area (Å²) in [6, 6.07) is 14.9. The van der Waals surface area contributed by atoms with Gasteiger partial charge in [-0.25, -0.2) is 4.68 Å². The Morgan fingerprint density at radius 3 is 2.86 bits per heavy atom. The molecule has 0 saturated carbocycles. The highest BCUT2D eigenvalue weighted by molar-refractivity contribution is 7.07. The maximum atomic E-state index is 10.00. The molecular formula is C22H19N3O3S. The monoisotopic (exact) mass is 405 g/mol. The number of hydrogen-bond donors (Lipinski definition) is 1. The standard InChI is InChI=1S/C22H19N3O3S/c1-3-10-23-22-25(24-13-15-8-9-20(27-2)18(26)11-15)17(14-29-22)21-12-16-6-4-5-7-19(16)28-21/h3-9,11-14,26H,1,10H2,2H3. The van der Waals surface area contributed by atoms with Gasteiger partial charge < -0.3 is 14.3 Å². The van der Waals surface area contributed by atoms with Crippen LogP contribution in [0.4, 0.5) is 0 Å². The third-order valence-corrected chi connectivity index (χ3v) is 5.10. The lowest BCUT2D eigenvalue weighted by atomic mass is 10.2. The Bertz CT molecular complexity index is 1230. The normalized spacial score (nSPS) is 12.1. The molecule has 0 bridgehead atoms. The minimum Gasteiger partial charge on any atom is -0.504 e. The number of ether oxygens (including phenoxy) is 1. The lowest BCUT2D eigenvalue weighted by molar-refractivity contribution is 0.373. The maximum absolute atomic E-state index is 10.00. The Morgan fingerprint density at radius 2 is 2.10 bits per heavy atom. The van der Waals surface area contributed by atoms with Crippen LogP contribution in [0.25, 0.3) is 22.4 Å². The Kier molecular flexibility index (Phi) is 5.31. The minimum absolute atomic E-state index is 0.0563. The lowest BCUT2D eigenvalue weighted by Gasteiger charge is -2.04. The van der Waals surface area contributed by atoms with Crippen molar-refractivity contribution >= 4 is 28.5 Å². The van der Waals surface area contributed by atoms with Crippen molar-refractivity contribution in [3.63, 3.8) is 0 Å². The molecule has 4 aromatic rings. The molecule has 0 aliphatic rings. The number of phenolic OH excluding ortho intramolecular Hbond substituents is 1. The number of fused-ring (bicyclic) bond motifs is 1. The number of nitrogens with zero attached hydrogens (tertiary/aromatic N) is 3. The molecule has 0 saturated heterocycles. The van der Waals surface area contributed by atoms with Crippen molar-refractivity contribution in [3.8, 4) is 23.0 Å². The smallest absolute Gasteiger partial charge is 0.206 e. The van der Waals surface area contributed by atoms with Gasteiger partial charge in [0.15, 0.2) is 17.3 Å². The van der Waals surface area contributed by atoms with Crippen LogP contribution in [0.5, 0.6) is 11.5 Å². The van der Waals surface area contributed by atoms with E-state index in [4.69, 9.17) is 9.15 Å². The average molecular weight is 405 g/mol. The first-order chi connectivity index (χ1) is 14.2. The number of benzene rings is 2. The summed E-state index contributed by atoms with van der Waals surface area (Å²) in [6.45, 7) is 4.21. The zero-order chi connectivity index (χ0) is 20.2. The number of thiazole rings is 1. The van der Waals surface area contributed by atoms with Gasteiger partial charge in [0, 0.05) is 10.8 Å². The van der Waals surface area contributed by atoms with E-state index < -0.39 is 0 Å². The lowest BCUT2D eigenvalue weighted by Crippen LogP contribution is -2.12. The third kappa shape index (κ3) is 3.86. The maximum Gasteiger partial charge on any atom is 0.206 e. The second-order valence-electron chi connectivity index (χ2n) is 6.17. The first-order valence-corrected chi connectivity index (χ1v) is 9.80. The molecule has 0 spiro atoms. The van der Waals surface area contributed by atoms with Crippen molar-refractivity contribution in [3.05, 3.63) is 76.9 Å². The van der Waals surface area contributed by atoms with Crippen LogP contribution in [0.15, 0.2) is 81.1 Å². The fourth-order valence-electron chi connectivity index (χ4n) is 2.85. The van der Waals surface area contributed by atoms with Gasteiger partial charge in [0.05, 0.1) is 19.9 Å². The molecule has 4 rings (SSSR count). The zero-order valence-electron chi connectivity index (χ0n) is 15.8. The zero-order valence-corrected chi connectivity index (χ0v) is 16.6. The molecule has 146 valence electrons. The summed E-state index contributed by atoms with van der Waals surface area (Å²) >= 11 is 1.47. The number of aromatic nitrogens is 1. The van der Waals surface area contributed by atoms with E-state index in [-0.39, 0.29) is 5.75 Å². The Labute approximate surface area is 171 Å². The molecule has 2 heterocycles. The van der Waals surface area contributed by atoms with E-state index >= 15 is 0 Å². The summed E-state index contributed by atoms with van der Waals surface area (Å²) in [4.78, 5) is 5.24. The summed E-state index contributed by atoms with van der Waals surface area (Å²) in [6.07, 6.45) is 3.39.